The highest BCUT2D eigenvalue weighted by atomic mass is 16.5. The van der Waals surface area contributed by atoms with Crippen molar-refractivity contribution in [3.63, 3.8) is 0 Å². The topological polar surface area (TPSA) is 52.6 Å². The Morgan fingerprint density at radius 1 is 0.759 bits per heavy atom. The second kappa shape index (κ2) is 12.1. The summed E-state index contributed by atoms with van der Waals surface area (Å²) in [6.07, 6.45) is 6.08. The Morgan fingerprint density at radius 2 is 1.28 bits per heavy atom. The lowest BCUT2D eigenvalue weighted by Crippen LogP contribution is -2.11. The third-order valence-electron chi connectivity index (χ3n) is 4.95. The Labute approximate surface area is 174 Å². The average Bonchev–Trinajstić information content (AvgIpc) is 2.72. The van der Waals surface area contributed by atoms with Gasteiger partial charge in [0.05, 0.1) is 0 Å². The van der Waals surface area contributed by atoms with Gasteiger partial charge in [-0.1, -0.05) is 70.7 Å². The first-order valence-corrected chi connectivity index (χ1v) is 10.6. The van der Waals surface area contributed by atoms with Gasteiger partial charge in [0.15, 0.2) is 0 Å². The number of benzene rings is 2. The van der Waals surface area contributed by atoms with Gasteiger partial charge in [-0.05, 0) is 47.7 Å². The summed E-state index contributed by atoms with van der Waals surface area (Å²) in [5, 5.41) is 0. The van der Waals surface area contributed by atoms with Crippen molar-refractivity contribution in [3.05, 3.63) is 48.5 Å². The van der Waals surface area contributed by atoms with Gasteiger partial charge in [0.1, 0.15) is 11.5 Å². The van der Waals surface area contributed by atoms with Gasteiger partial charge in [0.25, 0.3) is 0 Å². The molecule has 0 N–H and O–H groups in total. The summed E-state index contributed by atoms with van der Waals surface area (Å²) in [7, 11) is 0. The predicted molar refractivity (Wildman–Crippen MR) is 116 cm³/mol. The first-order chi connectivity index (χ1) is 14.0. The fourth-order valence-electron chi connectivity index (χ4n) is 2.91. The Bertz CT molecular complexity index is 762. The molecule has 156 valence electrons. The molecular formula is C25H32O4. The Kier molecular flexibility index (Phi) is 9.42. The van der Waals surface area contributed by atoms with Gasteiger partial charge in [-0.3, -0.25) is 9.59 Å². The van der Waals surface area contributed by atoms with Crippen molar-refractivity contribution in [3.8, 4) is 22.6 Å². The molecular weight excluding hydrogens is 364 g/mol. The van der Waals surface area contributed by atoms with Gasteiger partial charge in [-0.15, -0.1) is 0 Å². The normalized spacial score (nSPS) is 11.7. The first-order valence-electron chi connectivity index (χ1n) is 10.6. The van der Waals surface area contributed by atoms with Gasteiger partial charge < -0.3 is 9.47 Å². The van der Waals surface area contributed by atoms with Crippen LogP contribution in [-0.2, 0) is 9.59 Å². The number of carbonyl (C=O) groups is 2. The van der Waals surface area contributed by atoms with E-state index in [1.165, 1.54) is 0 Å². The van der Waals surface area contributed by atoms with Gasteiger partial charge in [-0.25, -0.2) is 0 Å². The number of unbranched alkanes of at least 4 members (excludes halogenated alkanes) is 3. The summed E-state index contributed by atoms with van der Waals surface area (Å²) in [6, 6.07) is 14.9. The molecule has 1 unspecified atom stereocenters. The van der Waals surface area contributed by atoms with Gasteiger partial charge in [0, 0.05) is 12.8 Å². The van der Waals surface area contributed by atoms with Gasteiger partial charge >= 0.3 is 11.9 Å². The van der Waals surface area contributed by atoms with Crippen LogP contribution in [0.3, 0.4) is 0 Å². The molecule has 0 radical (unpaired) electrons. The van der Waals surface area contributed by atoms with Crippen LogP contribution in [0.5, 0.6) is 11.5 Å². The first kappa shape index (κ1) is 22.7. The van der Waals surface area contributed by atoms with Crippen LogP contribution in [0.1, 0.15) is 65.7 Å². The van der Waals surface area contributed by atoms with E-state index in [1.54, 1.807) is 24.3 Å². The second-order valence-corrected chi connectivity index (χ2v) is 7.53. The smallest absolute Gasteiger partial charge is 0.311 e. The molecule has 0 bridgehead atoms. The van der Waals surface area contributed by atoms with Crippen LogP contribution in [0.4, 0.5) is 0 Å². The van der Waals surface area contributed by atoms with Crippen LogP contribution in [0, 0.1) is 5.92 Å². The van der Waals surface area contributed by atoms with Gasteiger partial charge in [0.2, 0.25) is 0 Å². The molecule has 0 saturated carbocycles. The molecule has 1 atom stereocenters. The maximum atomic E-state index is 11.9. The average molecular weight is 397 g/mol. The fourth-order valence-corrected chi connectivity index (χ4v) is 2.91. The van der Waals surface area contributed by atoms with Crippen LogP contribution in [0.25, 0.3) is 11.1 Å². The van der Waals surface area contributed by atoms with E-state index in [2.05, 4.69) is 13.8 Å². The third kappa shape index (κ3) is 8.10. The minimum atomic E-state index is -0.201. The van der Waals surface area contributed by atoms with Crippen LogP contribution in [0.15, 0.2) is 48.5 Å². The van der Waals surface area contributed by atoms with E-state index in [4.69, 9.17) is 9.47 Å². The lowest BCUT2D eigenvalue weighted by Gasteiger charge is -2.09. The van der Waals surface area contributed by atoms with Crippen molar-refractivity contribution in [1.82, 2.24) is 0 Å². The fraction of sp³-hybridized carbons (Fsp3) is 0.440. The molecule has 0 aliphatic rings. The molecule has 0 aliphatic carbocycles. The molecule has 0 saturated heterocycles. The number of hydrogen-bond acceptors (Lipinski definition) is 4. The van der Waals surface area contributed by atoms with E-state index in [9.17, 15) is 9.59 Å². The third-order valence-corrected chi connectivity index (χ3v) is 4.95. The molecule has 2 aromatic carbocycles. The lowest BCUT2D eigenvalue weighted by atomic mass is 10.1. The molecule has 0 fully saturated rings. The van der Waals surface area contributed by atoms with Crippen LogP contribution in [0.2, 0.25) is 0 Å². The summed E-state index contributed by atoms with van der Waals surface area (Å²) < 4.78 is 10.8. The van der Waals surface area contributed by atoms with E-state index in [1.807, 2.05) is 31.2 Å². The molecule has 0 aliphatic heterocycles. The molecule has 0 heterocycles. The number of carbonyl (C=O) groups excluding carboxylic acids is 2. The van der Waals surface area contributed by atoms with Crippen molar-refractivity contribution in [1.29, 1.82) is 0 Å². The highest BCUT2D eigenvalue weighted by Crippen LogP contribution is 2.25. The summed E-state index contributed by atoms with van der Waals surface area (Å²) in [6.45, 7) is 6.25. The van der Waals surface area contributed by atoms with E-state index in [0.29, 0.717) is 30.3 Å². The molecule has 29 heavy (non-hydrogen) atoms. The van der Waals surface area contributed by atoms with Crippen LogP contribution < -0.4 is 9.47 Å². The predicted octanol–water partition coefficient (Wildman–Crippen LogP) is 6.57. The molecule has 4 heteroatoms. The molecule has 2 rings (SSSR count). The molecule has 0 spiro atoms. The van der Waals surface area contributed by atoms with E-state index in [-0.39, 0.29) is 11.9 Å². The summed E-state index contributed by atoms with van der Waals surface area (Å²) in [5.41, 5.74) is 2.01. The molecule has 0 aromatic heterocycles. The van der Waals surface area contributed by atoms with Crippen molar-refractivity contribution >= 4 is 11.9 Å². The largest absolute Gasteiger partial charge is 0.427 e. The molecule has 2 aromatic rings. The highest BCUT2D eigenvalue weighted by Gasteiger charge is 2.10. The van der Waals surface area contributed by atoms with E-state index in [0.717, 1.165) is 43.2 Å². The van der Waals surface area contributed by atoms with Crippen LogP contribution >= 0.6 is 0 Å². The van der Waals surface area contributed by atoms with E-state index >= 15 is 0 Å². The zero-order chi connectivity index (χ0) is 21.1. The zero-order valence-corrected chi connectivity index (χ0v) is 17.8. The Balaban J connectivity index is 1.87. The Morgan fingerprint density at radius 3 is 1.76 bits per heavy atom. The minimum Gasteiger partial charge on any atom is -0.427 e. The van der Waals surface area contributed by atoms with Crippen LogP contribution in [-0.4, -0.2) is 11.9 Å². The van der Waals surface area contributed by atoms with Crippen molar-refractivity contribution in [2.75, 3.05) is 0 Å². The second-order valence-electron chi connectivity index (χ2n) is 7.53. The maximum absolute atomic E-state index is 11.9. The van der Waals surface area contributed by atoms with Crippen molar-refractivity contribution < 1.29 is 19.1 Å². The number of ether oxygens (including phenoxy) is 2. The Hall–Kier alpha value is -2.62. The lowest BCUT2D eigenvalue weighted by molar-refractivity contribution is -0.136. The summed E-state index contributed by atoms with van der Waals surface area (Å²) in [5.74, 6) is 1.05. The minimum absolute atomic E-state index is 0.183. The number of hydrogen-bond donors (Lipinski definition) is 0. The standard InChI is InChI=1S/C25H32O4/c1-4-6-7-8-9-24(26)28-22-14-10-20(11-15-22)21-12-16-23(17-13-21)29-25(27)18-19(3)5-2/h10-17,19H,4-9,18H2,1-3H3. The molecule has 4 nitrogen and oxygen atoms in total. The number of rotatable bonds is 11. The number of esters is 2. The summed E-state index contributed by atoms with van der Waals surface area (Å²) >= 11 is 0. The van der Waals surface area contributed by atoms with Gasteiger partial charge in [-0.2, -0.15) is 0 Å². The SMILES string of the molecule is CCCCCCC(=O)Oc1ccc(-c2ccc(OC(=O)CC(C)CC)cc2)cc1. The monoisotopic (exact) mass is 396 g/mol. The molecule has 0 amide bonds. The van der Waals surface area contributed by atoms with E-state index < -0.39 is 0 Å². The van der Waals surface area contributed by atoms with Crippen molar-refractivity contribution in [2.45, 2.75) is 65.7 Å². The summed E-state index contributed by atoms with van der Waals surface area (Å²) in [4.78, 5) is 23.8. The maximum Gasteiger partial charge on any atom is 0.311 e. The van der Waals surface area contributed by atoms with Crippen molar-refractivity contribution in [2.24, 2.45) is 5.92 Å². The quantitative estimate of drug-likeness (QED) is 0.245. The zero-order valence-electron chi connectivity index (χ0n) is 17.8. The highest BCUT2D eigenvalue weighted by molar-refractivity contribution is 5.74.